The summed E-state index contributed by atoms with van der Waals surface area (Å²) < 4.78 is 43.2. The van der Waals surface area contributed by atoms with Gasteiger partial charge in [-0.1, -0.05) is 12.1 Å². The number of aliphatic hydroxyl groups is 1. The highest BCUT2D eigenvalue weighted by Crippen LogP contribution is 2.30. The lowest BCUT2D eigenvalue weighted by Gasteiger charge is -2.14. The molecule has 0 spiro atoms. The van der Waals surface area contributed by atoms with E-state index >= 15 is 0 Å². The SMILES string of the molecule is OC(CNCCOCC1CC1)c1cccc(C(F)(F)F)c1. The van der Waals surface area contributed by atoms with Crippen molar-refractivity contribution in [3.05, 3.63) is 35.4 Å². The van der Waals surface area contributed by atoms with Crippen molar-refractivity contribution >= 4 is 0 Å². The van der Waals surface area contributed by atoms with E-state index in [-0.39, 0.29) is 12.1 Å². The highest BCUT2D eigenvalue weighted by Gasteiger charge is 2.30. The first-order valence-corrected chi connectivity index (χ1v) is 7.10. The molecule has 0 aliphatic heterocycles. The number of alkyl halides is 3. The first-order valence-electron chi connectivity index (χ1n) is 7.10. The predicted octanol–water partition coefficient (Wildman–Crippen LogP) is 2.76. The largest absolute Gasteiger partial charge is 0.416 e. The van der Waals surface area contributed by atoms with Crippen LogP contribution < -0.4 is 5.32 Å². The maximum absolute atomic E-state index is 12.6. The number of rotatable bonds is 8. The number of hydrogen-bond donors (Lipinski definition) is 2. The number of nitrogens with one attached hydrogen (secondary N) is 1. The molecular weight excluding hydrogens is 283 g/mol. The topological polar surface area (TPSA) is 41.5 Å². The Hall–Kier alpha value is -1.11. The molecule has 1 unspecified atom stereocenters. The normalized spacial score (nSPS) is 17.0. The maximum atomic E-state index is 12.6. The summed E-state index contributed by atoms with van der Waals surface area (Å²) in [5.74, 6) is 0.709. The van der Waals surface area contributed by atoms with Gasteiger partial charge >= 0.3 is 6.18 Å². The van der Waals surface area contributed by atoms with Crippen LogP contribution in [-0.2, 0) is 10.9 Å². The summed E-state index contributed by atoms with van der Waals surface area (Å²) in [6.45, 7) is 2.10. The lowest BCUT2D eigenvalue weighted by molar-refractivity contribution is -0.137. The van der Waals surface area contributed by atoms with E-state index < -0.39 is 17.8 Å². The monoisotopic (exact) mass is 303 g/mol. The number of hydrogen-bond acceptors (Lipinski definition) is 3. The predicted molar refractivity (Wildman–Crippen MR) is 72.8 cm³/mol. The molecule has 1 aliphatic carbocycles. The van der Waals surface area contributed by atoms with Crippen LogP contribution in [0.25, 0.3) is 0 Å². The minimum absolute atomic E-state index is 0.202. The van der Waals surface area contributed by atoms with Crippen LogP contribution in [0.15, 0.2) is 24.3 Å². The van der Waals surface area contributed by atoms with E-state index in [2.05, 4.69) is 5.32 Å². The van der Waals surface area contributed by atoms with Crippen LogP contribution in [0, 0.1) is 5.92 Å². The third kappa shape index (κ3) is 5.65. The van der Waals surface area contributed by atoms with E-state index in [1.54, 1.807) is 0 Å². The van der Waals surface area contributed by atoms with E-state index in [0.717, 1.165) is 18.7 Å². The fraction of sp³-hybridized carbons (Fsp3) is 0.600. The van der Waals surface area contributed by atoms with Crippen LogP contribution in [0.4, 0.5) is 13.2 Å². The van der Waals surface area contributed by atoms with Crippen molar-refractivity contribution in [2.45, 2.75) is 25.1 Å². The molecule has 1 fully saturated rings. The molecule has 2 rings (SSSR count). The second-order valence-electron chi connectivity index (χ2n) is 5.36. The van der Waals surface area contributed by atoms with Crippen molar-refractivity contribution in [3.8, 4) is 0 Å². The van der Waals surface area contributed by atoms with Gasteiger partial charge in [0.1, 0.15) is 0 Å². The summed E-state index contributed by atoms with van der Waals surface area (Å²) in [6.07, 6.45) is -2.88. The standard InChI is InChI=1S/C15H20F3NO2/c16-15(17,18)13-3-1-2-12(8-13)14(20)9-19-6-7-21-10-11-4-5-11/h1-3,8,11,14,19-20H,4-7,9-10H2. The third-order valence-corrected chi connectivity index (χ3v) is 3.41. The molecule has 1 aliphatic rings. The van der Waals surface area contributed by atoms with Gasteiger partial charge in [0.25, 0.3) is 0 Å². The van der Waals surface area contributed by atoms with Gasteiger partial charge in [0, 0.05) is 19.7 Å². The lowest BCUT2D eigenvalue weighted by Crippen LogP contribution is -2.25. The minimum Gasteiger partial charge on any atom is -0.387 e. The fourth-order valence-corrected chi connectivity index (χ4v) is 1.96. The van der Waals surface area contributed by atoms with E-state index in [0.29, 0.717) is 19.1 Å². The number of halogens is 3. The van der Waals surface area contributed by atoms with Crippen molar-refractivity contribution < 1.29 is 23.0 Å². The molecule has 0 heterocycles. The molecule has 1 saturated carbocycles. The molecule has 0 radical (unpaired) electrons. The van der Waals surface area contributed by atoms with Gasteiger partial charge in [0.2, 0.25) is 0 Å². The quantitative estimate of drug-likeness (QED) is 0.726. The molecule has 1 atom stereocenters. The van der Waals surface area contributed by atoms with Crippen LogP contribution in [0.2, 0.25) is 0 Å². The zero-order valence-corrected chi connectivity index (χ0v) is 11.7. The van der Waals surface area contributed by atoms with Crippen molar-refractivity contribution in [2.75, 3.05) is 26.3 Å². The number of ether oxygens (including phenoxy) is 1. The van der Waals surface area contributed by atoms with Crippen LogP contribution >= 0.6 is 0 Å². The van der Waals surface area contributed by atoms with Gasteiger partial charge in [-0.25, -0.2) is 0 Å². The molecular formula is C15H20F3NO2. The van der Waals surface area contributed by atoms with E-state index in [1.807, 2.05) is 0 Å². The Morgan fingerprint density at radius 1 is 1.33 bits per heavy atom. The molecule has 2 N–H and O–H groups in total. The molecule has 0 amide bonds. The van der Waals surface area contributed by atoms with Gasteiger partial charge in [-0.2, -0.15) is 13.2 Å². The summed E-state index contributed by atoms with van der Waals surface area (Å²) in [6, 6.07) is 4.77. The molecule has 0 aromatic heterocycles. The Morgan fingerprint density at radius 3 is 2.76 bits per heavy atom. The molecule has 1 aromatic rings. The first-order chi connectivity index (χ1) is 9.97. The van der Waals surface area contributed by atoms with Crippen LogP contribution in [-0.4, -0.2) is 31.4 Å². The summed E-state index contributed by atoms with van der Waals surface area (Å²) in [5, 5.41) is 12.9. The zero-order valence-electron chi connectivity index (χ0n) is 11.7. The lowest BCUT2D eigenvalue weighted by atomic mass is 10.1. The van der Waals surface area contributed by atoms with Gasteiger partial charge < -0.3 is 15.2 Å². The van der Waals surface area contributed by atoms with Crippen LogP contribution in [0.3, 0.4) is 0 Å². The molecule has 0 bridgehead atoms. The molecule has 0 saturated heterocycles. The number of benzene rings is 1. The molecule has 21 heavy (non-hydrogen) atoms. The van der Waals surface area contributed by atoms with Crippen molar-refractivity contribution in [3.63, 3.8) is 0 Å². The highest BCUT2D eigenvalue weighted by molar-refractivity contribution is 5.27. The Balaban J connectivity index is 1.70. The zero-order chi connectivity index (χ0) is 15.3. The molecule has 118 valence electrons. The summed E-state index contributed by atoms with van der Waals surface area (Å²) in [4.78, 5) is 0. The second-order valence-corrected chi connectivity index (χ2v) is 5.36. The van der Waals surface area contributed by atoms with E-state index in [4.69, 9.17) is 4.74 Å². The van der Waals surface area contributed by atoms with E-state index in [9.17, 15) is 18.3 Å². The van der Waals surface area contributed by atoms with Gasteiger partial charge in [-0.3, -0.25) is 0 Å². The fourth-order valence-electron chi connectivity index (χ4n) is 1.96. The minimum atomic E-state index is -4.39. The van der Waals surface area contributed by atoms with Crippen molar-refractivity contribution in [1.29, 1.82) is 0 Å². The van der Waals surface area contributed by atoms with Crippen molar-refractivity contribution in [2.24, 2.45) is 5.92 Å². The average molecular weight is 303 g/mol. The van der Waals surface area contributed by atoms with Crippen molar-refractivity contribution in [1.82, 2.24) is 5.32 Å². The summed E-state index contributed by atoms with van der Waals surface area (Å²) in [5.41, 5.74) is -0.483. The van der Waals surface area contributed by atoms with Crippen LogP contribution in [0.1, 0.15) is 30.1 Å². The Morgan fingerprint density at radius 2 is 2.10 bits per heavy atom. The average Bonchev–Trinajstić information content (AvgIpc) is 3.26. The maximum Gasteiger partial charge on any atom is 0.416 e. The summed E-state index contributed by atoms with van der Waals surface area (Å²) in [7, 11) is 0. The Labute approximate surface area is 122 Å². The smallest absolute Gasteiger partial charge is 0.387 e. The summed E-state index contributed by atoms with van der Waals surface area (Å²) >= 11 is 0. The Bertz CT molecular complexity index is 447. The number of aliphatic hydroxyl groups excluding tert-OH is 1. The van der Waals surface area contributed by atoms with Gasteiger partial charge in [0.15, 0.2) is 0 Å². The Kier molecular flexibility index (Phi) is 5.61. The third-order valence-electron chi connectivity index (χ3n) is 3.41. The molecule has 3 nitrogen and oxygen atoms in total. The molecule has 1 aromatic carbocycles. The first kappa shape index (κ1) is 16.3. The second kappa shape index (κ2) is 7.24. The van der Waals surface area contributed by atoms with Crippen LogP contribution in [0.5, 0.6) is 0 Å². The van der Waals surface area contributed by atoms with Gasteiger partial charge in [-0.05, 0) is 36.5 Å². The highest BCUT2D eigenvalue weighted by atomic mass is 19.4. The van der Waals surface area contributed by atoms with Gasteiger partial charge in [0.05, 0.1) is 18.3 Å². The van der Waals surface area contributed by atoms with E-state index in [1.165, 1.54) is 25.0 Å². The molecule has 6 heteroatoms. The van der Waals surface area contributed by atoms with Gasteiger partial charge in [-0.15, -0.1) is 0 Å².